The third kappa shape index (κ3) is 3.13. The molecule has 7 nitrogen and oxygen atoms in total. The van der Waals surface area contributed by atoms with Crippen molar-refractivity contribution in [3.8, 4) is 0 Å². The molecule has 4 atom stereocenters. The molecule has 8 heteroatoms. The first-order valence-electron chi connectivity index (χ1n) is 9.94. The quantitative estimate of drug-likeness (QED) is 0.697. The Hall–Kier alpha value is -2.06. The first-order valence-corrected chi connectivity index (χ1v) is 10.7. The summed E-state index contributed by atoms with van der Waals surface area (Å²) in [4.78, 5) is 27.0. The maximum Gasteiger partial charge on any atom is 0.410 e. The van der Waals surface area contributed by atoms with Gasteiger partial charge in [-0.2, -0.15) is 5.43 Å². The van der Waals surface area contributed by atoms with E-state index in [0.29, 0.717) is 13.1 Å². The molecule has 2 amide bonds. The Morgan fingerprint density at radius 2 is 1.90 bits per heavy atom. The average Bonchev–Trinajstić information content (AvgIpc) is 3.34. The zero-order valence-corrected chi connectivity index (χ0v) is 18.6. The molecule has 154 valence electrons. The van der Waals surface area contributed by atoms with E-state index in [0.717, 1.165) is 15.6 Å². The van der Waals surface area contributed by atoms with Crippen LogP contribution in [0.5, 0.6) is 0 Å². The highest BCUT2D eigenvalue weighted by atomic mass is 79.9. The molecule has 1 N–H and O–H groups in total. The predicted molar refractivity (Wildman–Crippen MR) is 111 cm³/mol. The van der Waals surface area contributed by atoms with Gasteiger partial charge in [0.25, 0.3) is 0 Å². The molecule has 1 saturated carbocycles. The van der Waals surface area contributed by atoms with E-state index in [1.54, 1.807) is 9.91 Å². The van der Waals surface area contributed by atoms with Gasteiger partial charge >= 0.3 is 6.09 Å². The fourth-order valence-electron chi connectivity index (χ4n) is 4.53. The van der Waals surface area contributed by atoms with Crippen molar-refractivity contribution in [2.24, 2.45) is 17.8 Å². The van der Waals surface area contributed by atoms with E-state index >= 15 is 0 Å². The van der Waals surface area contributed by atoms with E-state index in [1.807, 2.05) is 46.0 Å². The molecule has 4 heterocycles. The maximum atomic E-state index is 13.1. The number of hydrazine groups is 1. The van der Waals surface area contributed by atoms with E-state index in [9.17, 15) is 9.59 Å². The lowest BCUT2D eigenvalue weighted by atomic mass is 10.1. The molecule has 0 spiro atoms. The van der Waals surface area contributed by atoms with Crippen LogP contribution in [0.1, 0.15) is 33.3 Å². The van der Waals surface area contributed by atoms with Gasteiger partial charge in [-0.3, -0.25) is 4.79 Å². The van der Waals surface area contributed by atoms with Crippen molar-refractivity contribution in [3.63, 3.8) is 0 Å². The van der Waals surface area contributed by atoms with Crippen molar-refractivity contribution in [1.82, 2.24) is 19.7 Å². The summed E-state index contributed by atoms with van der Waals surface area (Å²) in [7, 11) is 0. The second kappa shape index (κ2) is 5.98. The number of carbonyl (C=O) groups is 2. The average molecular weight is 461 g/mol. The van der Waals surface area contributed by atoms with Crippen LogP contribution < -0.4 is 5.43 Å². The molecule has 0 bridgehead atoms. The third-order valence-electron chi connectivity index (χ3n) is 6.20. The monoisotopic (exact) mass is 460 g/mol. The van der Waals surface area contributed by atoms with Crippen LogP contribution in [0.4, 0.5) is 4.79 Å². The highest BCUT2D eigenvalue weighted by Crippen LogP contribution is 2.54. The van der Waals surface area contributed by atoms with Crippen LogP contribution in [0, 0.1) is 17.8 Å². The Balaban J connectivity index is 1.23. The minimum Gasteiger partial charge on any atom is -0.444 e. The van der Waals surface area contributed by atoms with Crippen molar-refractivity contribution in [1.29, 1.82) is 0 Å². The number of hydrogen-bond donors (Lipinski definition) is 1. The van der Waals surface area contributed by atoms with E-state index in [1.165, 1.54) is 0 Å². The zero-order chi connectivity index (χ0) is 20.7. The molecule has 0 aromatic carbocycles. The molecular formula is C21H25BrN4O3. The Kier molecular flexibility index (Phi) is 3.91. The van der Waals surface area contributed by atoms with Crippen LogP contribution >= 0.6 is 15.9 Å². The molecule has 5 rings (SSSR count). The molecule has 2 aliphatic heterocycles. The Morgan fingerprint density at radius 1 is 1.21 bits per heavy atom. The number of fused-ring (bicyclic) bond motifs is 2. The number of hydrogen-bond acceptors (Lipinski definition) is 4. The summed E-state index contributed by atoms with van der Waals surface area (Å²) in [6.07, 6.45) is 3.78. The van der Waals surface area contributed by atoms with Gasteiger partial charge in [0, 0.05) is 47.0 Å². The van der Waals surface area contributed by atoms with E-state index in [4.69, 9.17) is 4.74 Å². The topological polar surface area (TPSA) is 76.0 Å². The molecule has 2 aromatic rings. The summed E-state index contributed by atoms with van der Waals surface area (Å²) >= 11 is 3.49. The lowest BCUT2D eigenvalue weighted by Gasteiger charge is -2.25. The fraction of sp³-hybridized carbons (Fsp3) is 0.524. The Morgan fingerprint density at radius 3 is 2.55 bits per heavy atom. The molecule has 1 unspecified atom stereocenters. The smallest absolute Gasteiger partial charge is 0.410 e. The third-order valence-corrected chi connectivity index (χ3v) is 6.66. The van der Waals surface area contributed by atoms with E-state index in [2.05, 4.69) is 38.0 Å². The maximum absolute atomic E-state index is 13.1. The van der Waals surface area contributed by atoms with Gasteiger partial charge in [0.15, 0.2) is 0 Å². The van der Waals surface area contributed by atoms with Gasteiger partial charge in [0.2, 0.25) is 5.91 Å². The molecule has 2 aromatic heterocycles. The first-order chi connectivity index (χ1) is 13.6. The van der Waals surface area contributed by atoms with Crippen molar-refractivity contribution in [2.75, 3.05) is 13.1 Å². The Labute approximate surface area is 178 Å². The van der Waals surface area contributed by atoms with Crippen LogP contribution in [0.25, 0.3) is 5.52 Å². The normalized spacial score (nSPS) is 30.4. The predicted octanol–water partition coefficient (Wildman–Crippen LogP) is 3.33. The number of rotatable bonds is 2. The molecule has 3 aliphatic rings. The summed E-state index contributed by atoms with van der Waals surface area (Å²) in [5.41, 5.74) is 4.44. The number of halogens is 1. The second-order valence-corrected chi connectivity index (χ2v) is 10.4. The van der Waals surface area contributed by atoms with Crippen molar-refractivity contribution in [3.05, 3.63) is 40.6 Å². The van der Waals surface area contributed by atoms with Crippen LogP contribution in [-0.4, -0.2) is 45.0 Å². The van der Waals surface area contributed by atoms with Gasteiger partial charge in [0.1, 0.15) is 11.3 Å². The first kappa shape index (κ1) is 18.9. The standard InChI is InChI=1S/C21H25BrN4O3/c1-20(2,3)29-19(28)25-10-15-16(11-25)17(15)18(27)26-21(4,23-26)12-7-14-6-5-13(22)9-24(14)8-12/h5-9,15-17,23H,10-11H2,1-4H3/t15-,16+,17+,21?,26?. The molecular weight excluding hydrogens is 436 g/mol. The van der Waals surface area contributed by atoms with Crippen LogP contribution in [0.2, 0.25) is 0 Å². The van der Waals surface area contributed by atoms with Crippen LogP contribution in [0.15, 0.2) is 35.1 Å². The minimum absolute atomic E-state index is 0.00538. The summed E-state index contributed by atoms with van der Waals surface area (Å²) in [6.45, 7) is 8.83. The number of ether oxygens (including phenoxy) is 1. The van der Waals surface area contributed by atoms with Gasteiger partial charge in [-0.1, -0.05) is 0 Å². The molecule has 3 fully saturated rings. The second-order valence-electron chi connectivity index (χ2n) is 9.50. The van der Waals surface area contributed by atoms with Gasteiger partial charge in [-0.15, -0.1) is 0 Å². The number of pyridine rings is 1. The highest BCUT2D eigenvalue weighted by molar-refractivity contribution is 9.10. The van der Waals surface area contributed by atoms with Crippen molar-refractivity contribution < 1.29 is 14.3 Å². The summed E-state index contributed by atoms with van der Waals surface area (Å²) in [6, 6.07) is 6.15. The van der Waals surface area contributed by atoms with Gasteiger partial charge in [-0.25, -0.2) is 9.80 Å². The summed E-state index contributed by atoms with van der Waals surface area (Å²) in [5, 5.41) is 1.75. The van der Waals surface area contributed by atoms with E-state index in [-0.39, 0.29) is 29.8 Å². The summed E-state index contributed by atoms with van der Waals surface area (Å²) < 4.78 is 8.51. The number of carbonyl (C=O) groups excluding carboxylic acids is 2. The molecule has 29 heavy (non-hydrogen) atoms. The molecule has 1 aliphatic carbocycles. The number of amides is 2. The van der Waals surface area contributed by atoms with Crippen molar-refractivity contribution >= 4 is 33.4 Å². The number of nitrogens with zero attached hydrogens (tertiary/aromatic N) is 3. The van der Waals surface area contributed by atoms with Crippen molar-refractivity contribution in [2.45, 2.75) is 39.0 Å². The van der Waals surface area contributed by atoms with Crippen LogP contribution in [-0.2, 0) is 15.2 Å². The van der Waals surface area contributed by atoms with Gasteiger partial charge < -0.3 is 14.0 Å². The summed E-state index contributed by atoms with van der Waals surface area (Å²) in [5.74, 6) is 0.605. The number of piperidine rings is 1. The van der Waals surface area contributed by atoms with E-state index < -0.39 is 11.3 Å². The fourth-order valence-corrected chi connectivity index (χ4v) is 4.88. The molecule has 0 radical (unpaired) electrons. The number of nitrogens with one attached hydrogen (secondary N) is 1. The number of likely N-dealkylation sites (tertiary alicyclic amines) is 1. The van der Waals surface area contributed by atoms with Gasteiger partial charge in [-0.05, 0) is 73.7 Å². The lowest BCUT2D eigenvalue weighted by Crippen LogP contribution is -2.38. The Bertz CT molecular complexity index is 1020. The zero-order valence-electron chi connectivity index (χ0n) is 17.0. The van der Waals surface area contributed by atoms with Gasteiger partial charge in [0.05, 0.1) is 0 Å². The highest BCUT2D eigenvalue weighted by Gasteiger charge is 2.66. The SMILES string of the molecule is CC(C)(C)OC(=O)N1C[C@@H]2[C@H](C1)[C@H]2C(=O)N1NC1(C)c1cc2ccc(Br)cn2c1. The lowest BCUT2D eigenvalue weighted by molar-refractivity contribution is -0.129. The largest absolute Gasteiger partial charge is 0.444 e. The minimum atomic E-state index is -0.499. The number of aromatic nitrogens is 1. The van der Waals surface area contributed by atoms with Crippen LogP contribution in [0.3, 0.4) is 0 Å². The molecule has 2 saturated heterocycles.